The summed E-state index contributed by atoms with van der Waals surface area (Å²) in [6.45, 7) is 4.25. The number of thiophene rings is 1. The van der Waals surface area contributed by atoms with Crippen molar-refractivity contribution in [2.24, 2.45) is 5.73 Å². The molecule has 0 aliphatic rings. The van der Waals surface area contributed by atoms with Gasteiger partial charge in [-0.3, -0.25) is 13.9 Å². The van der Waals surface area contributed by atoms with E-state index in [1.54, 1.807) is 13.8 Å². The van der Waals surface area contributed by atoms with Crippen molar-refractivity contribution in [3.63, 3.8) is 0 Å². The molecule has 158 valence electrons. The summed E-state index contributed by atoms with van der Waals surface area (Å²) in [5, 5.41) is 3.39. The van der Waals surface area contributed by atoms with Gasteiger partial charge >= 0.3 is 11.9 Å². The third kappa shape index (κ3) is 5.02. The Hall–Kier alpha value is -1.69. The summed E-state index contributed by atoms with van der Waals surface area (Å²) in [5.74, 6) is 0. The van der Waals surface area contributed by atoms with Gasteiger partial charge in [-0.2, -0.15) is 13.2 Å². The number of ether oxygens (including phenoxy) is 1. The summed E-state index contributed by atoms with van der Waals surface area (Å²) >= 11 is 1.16. The molecule has 0 aliphatic carbocycles. The van der Waals surface area contributed by atoms with E-state index in [9.17, 15) is 22.8 Å². The van der Waals surface area contributed by atoms with Crippen LogP contribution >= 0.6 is 11.3 Å². The first-order chi connectivity index (χ1) is 13.1. The van der Waals surface area contributed by atoms with Crippen LogP contribution in [0.4, 0.5) is 13.2 Å². The maximum Gasteiger partial charge on any atom is 0.390 e. The number of rotatable bonds is 9. The highest BCUT2D eigenvalue weighted by atomic mass is 32.1. The van der Waals surface area contributed by atoms with Crippen LogP contribution < -0.4 is 22.3 Å². The second-order valence-corrected chi connectivity index (χ2v) is 7.64. The van der Waals surface area contributed by atoms with Crippen LogP contribution in [0.1, 0.15) is 23.8 Å². The van der Waals surface area contributed by atoms with E-state index in [-0.39, 0.29) is 16.8 Å². The first kappa shape index (κ1) is 22.6. The molecule has 2 rings (SSSR count). The summed E-state index contributed by atoms with van der Waals surface area (Å²) in [5.41, 5.74) is 4.85. The largest absolute Gasteiger partial charge is 0.390 e. The zero-order valence-electron chi connectivity index (χ0n) is 16.1. The van der Waals surface area contributed by atoms with Crippen LogP contribution in [0.25, 0.3) is 10.2 Å². The maximum absolute atomic E-state index is 13.0. The van der Waals surface area contributed by atoms with Gasteiger partial charge in [-0.25, -0.2) is 4.79 Å². The SMILES string of the molecule is COC(C)Cn1c(=O)c2c(C)c(CNCCN)sc2n(CCC(F)(F)F)c1=O. The Bertz CT molecular complexity index is 933. The first-order valence-corrected chi connectivity index (χ1v) is 9.68. The Labute approximate surface area is 163 Å². The van der Waals surface area contributed by atoms with Crippen molar-refractivity contribution in [3.05, 3.63) is 31.3 Å². The van der Waals surface area contributed by atoms with Crippen LogP contribution in [-0.4, -0.2) is 41.6 Å². The Morgan fingerprint density at radius 3 is 2.54 bits per heavy atom. The fraction of sp³-hybridized carbons (Fsp3) is 0.647. The van der Waals surface area contributed by atoms with Crippen molar-refractivity contribution in [1.82, 2.24) is 14.5 Å². The van der Waals surface area contributed by atoms with Gasteiger partial charge in [0.2, 0.25) is 0 Å². The second-order valence-electron chi connectivity index (χ2n) is 6.56. The quantitative estimate of drug-likeness (QED) is 0.599. The lowest BCUT2D eigenvalue weighted by atomic mass is 10.2. The average molecular weight is 422 g/mol. The van der Waals surface area contributed by atoms with E-state index in [1.165, 1.54) is 7.11 Å². The van der Waals surface area contributed by atoms with Gasteiger partial charge in [-0.05, 0) is 19.4 Å². The molecular formula is C17H25F3N4O3S. The molecule has 0 aliphatic heterocycles. The fourth-order valence-corrected chi connectivity index (χ4v) is 4.13. The molecule has 0 amide bonds. The molecule has 0 saturated heterocycles. The molecule has 0 radical (unpaired) electrons. The zero-order chi connectivity index (χ0) is 21.1. The van der Waals surface area contributed by atoms with Crippen molar-refractivity contribution in [3.8, 4) is 0 Å². The summed E-state index contributed by atoms with van der Waals surface area (Å²) in [6.07, 6.45) is -6.01. The molecule has 0 aromatic carbocycles. The lowest BCUT2D eigenvalue weighted by molar-refractivity contribution is -0.136. The normalized spacial score (nSPS) is 13.4. The monoisotopic (exact) mass is 422 g/mol. The van der Waals surface area contributed by atoms with Crippen LogP contribution in [0.3, 0.4) is 0 Å². The highest BCUT2D eigenvalue weighted by Gasteiger charge is 2.28. The number of fused-ring (bicyclic) bond motifs is 1. The number of nitrogens with two attached hydrogens (primary N) is 1. The molecule has 0 bridgehead atoms. The number of methoxy groups -OCH3 is 1. The molecule has 2 aromatic heterocycles. The number of hydrogen-bond donors (Lipinski definition) is 2. The van der Waals surface area contributed by atoms with Gasteiger partial charge < -0.3 is 15.8 Å². The van der Waals surface area contributed by atoms with Crippen LogP contribution in [0, 0.1) is 6.92 Å². The number of hydrogen-bond acceptors (Lipinski definition) is 6. The van der Waals surface area contributed by atoms with Gasteiger partial charge in [0, 0.05) is 38.2 Å². The van der Waals surface area contributed by atoms with Gasteiger partial charge in [-0.15, -0.1) is 11.3 Å². The molecule has 0 saturated carbocycles. The molecule has 1 atom stereocenters. The lowest BCUT2D eigenvalue weighted by Crippen LogP contribution is -2.42. The van der Waals surface area contributed by atoms with E-state index >= 15 is 0 Å². The number of nitrogens with zero attached hydrogens (tertiary/aromatic N) is 2. The van der Waals surface area contributed by atoms with Crippen molar-refractivity contribution >= 4 is 21.6 Å². The van der Waals surface area contributed by atoms with Crippen LogP contribution in [-0.2, 0) is 24.4 Å². The van der Waals surface area contributed by atoms with E-state index in [1.807, 2.05) is 0 Å². The third-order valence-electron chi connectivity index (χ3n) is 4.46. The minimum Gasteiger partial charge on any atom is -0.380 e. The van der Waals surface area contributed by atoms with E-state index in [0.717, 1.165) is 25.3 Å². The lowest BCUT2D eigenvalue weighted by Gasteiger charge is -2.15. The molecule has 0 spiro atoms. The molecule has 11 heteroatoms. The highest BCUT2D eigenvalue weighted by Crippen LogP contribution is 2.29. The predicted molar refractivity (Wildman–Crippen MR) is 103 cm³/mol. The smallest absolute Gasteiger partial charge is 0.380 e. The average Bonchev–Trinajstić information content (AvgIpc) is 2.94. The van der Waals surface area contributed by atoms with Crippen molar-refractivity contribution in [2.45, 2.75) is 52.2 Å². The molecule has 7 nitrogen and oxygen atoms in total. The molecule has 1 unspecified atom stereocenters. The van der Waals surface area contributed by atoms with E-state index < -0.39 is 36.5 Å². The summed E-state index contributed by atoms with van der Waals surface area (Å²) in [6, 6.07) is 0. The Balaban J connectivity index is 2.65. The third-order valence-corrected chi connectivity index (χ3v) is 5.78. The molecule has 0 fully saturated rings. The molecule has 2 aromatic rings. The van der Waals surface area contributed by atoms with Crippen LogP contribution in [0.15, 0.2) is 9.59 Å². The topological polar surface area (TPSA) is 91.3 Å². The maximum atomic E-state index is 13.0. The van der Waals surface area contributed by atoms with Crippen LogP contribution in [0.5, 0.6) is 0 Å². The predicted octanol–water partition coefficient (Wildman–Crippen LogP) is 1.57. The highest BCUT2D eigenvalue weighted by molar-refractivity contribution is 7.18. The summed E-state index contributed by atoms with van der Waals surface area (Å²) in [7, 11) is 1.44. The molecule has 28 heavy (non-hydrogen) atoms. The number of aromatic nitrogens is 2. The zero-order valence-corrected chi connectivity index (χ0v) is 16.9. The standard InChI is InChI=1S/C17H25F3N4O3S/c1-10(27-3)9-24-14(25)13-11(2)12(8-22-6-5-21)28-15(13)23(16(24)26)7-4-17(18,19)20/h10,22H,4-9,21H2,1-3H3. The minimum absolute atomic E-state index is 0.0355. The number of alkyl halides is 3. The van der Waals surface area contributed by atoms with Crippen LogP contribution in [0.2, 0.25) is 0 Å². The Morgan fingerprint density at radius 2 is 1.96 bits per heavy atom. The number of aryl methyl sites for hydroxylation is 2. The minimum atomic E-state index is -4.41. The van der Waals surface area contributed by atoms with Crippen molar-refractivity contribution in [2.75, 3.05) is 20.2 Å². The van der Waals surface area contributed by atoms with Gasteiger partial charge in [-0.1, -0.05) is 0 Å². The van der Waals surface area contributed by atoms with Gasteiger partial charge in [0.1, 0.15) is 4.83 Å². The van der Waals surface area contributed by atoms with Gasteiger partial charge in [0.15, 0.2) is 0 Å². The summed E-state index contributed by atoms with van der Waals surface area (Å²) < 4.78 is 45.5. The molecule has 3 N–H and O–H groups in total. The second kappa shape index (κ2) is 9.21. The molecule has 2 heterocycles. The van der Waals surface area contributed by atoms with E-state index in [0.29, 0.717) is 25.2 Å². The fourth-order valence-electron chi connectivity index (χ4n) is 2.84. The summed E-state index contributed by atoms with van der Waals surface area (Å²) in [4.78, 5) is 26.8. The Morgan fingerprint density at radius 1 is 1.29 bits per heavy atom. The Kier molecular flexibility index (Phi) is 7.43. The van der Waals surface area contributed by atoms with Gasteiger partial charge in [0.25, 0.3) is 5.56 Å². The molecular weight excluding hydrogens is 397 g/mol. The van der Waals surface area contributed by atoms with E-state index in [4.69, 9.17) is 10.5 Å². The first-order valence-electron chi connectivity index (χ1n) is 8.86. The van der Waals surface area contributed by atoms with Gasteiger partial charge in [0.05, 0.1) is 24.5 Å². The van der Waals surface area contributed by atoms with Crippen molar-refractivity contribution in [1.29, 1.82) is 0 Å². The number of halogens is 3. The number of nitrogens with one attached hydrogen (secondary N) is 1. The van der Waals surface area contributed by atoms with E-state index in [2.05, 4.69) is 5.32 Å². The van der Waals surface area contributed by atoms with Crippen molar-refractivity contribution < 1.29 is 17.9 Å².